The van der Waals surface area contributed by atoms with Gasteiger partial charge < -0.3 is 14.2 Å². The fourth-order valence-corrected chi connectivity index (χ4v) is 1.82. The van der Waals surface area contributed by atoms with Crippen LogP contribution in [0.5, 0.6) is 11.5 Å². The summed E-state index contributed by atoms with van der Waals surface area (Å²) < 4.78 is 15.7. The van der Waals surface area contributed by atoms with E-state index in [2.05, 4.69) is 0 Å². The Hall–Kier alpha value is -0.930. The van der Waals surface area contributed by atoms with Crippen LogP contribution in [0.15, 0.2) is 12.1 Å². The van der Waals surface area contributed by atoms with E-state index in [0.717, 1.165) is 24.3 Å². The van der Waals surface area contributed by atoms with E-state index < -0.39 is 0 Å². The fourth-order valence-electron chi connectivity index (χ4n) is 1.59. The maximum absolute atomic E-state index is 5.99. The molecule has 1 aromatic carbocycles. The van der Waals surface area contributed by atoms with Gasteiger partial charge in [-0.05, 0) is 6.07 Å². The lowest BCUT2D eigenvalue weighted by molar-refractivity contribution is 0.348. The molecule has 4 heteroatoms. The summed E-state index contributed by atoms with van der Waals surface area (Å²) in [5.41, 5.74) is 1.03. The molecule has 0 bridgehead atoms. The number of methoxy groups -OCH3 is 2. The molecule has 15 heavy (non-hydrogen) atoms. The molecular weight excluding hydrogens is 216 g/mol. The van der Waals surface area contributed by atoms with Crippen LogP contribution in [0.4, 0.5) is 0 Å². The van der Waals surface area contributed by atoms with Gasteiger partial charge in [0.25, 0.3) is 0 Å². The van der Waals surface area contributed by atoms with Crippen LogP contribution in [-0.4, -0.2) is 26.9 Å². The highest BCUT2D eigenvalue weighted by Crippen LogP contribution is 2.36. The highest BCUT2D eigenvalue weighted by Gasteiger charge is 2.25. The highest BCUT2D eigenvalue weighted by molar-refractivity contribution is 6.30. The molecule has 1 aliphatic heterocycles. The number of benzene rings is 1. The highest BCUT2D eigenvalue weighted by atomic mass is 35.5. The molecule has 82 valence electrons. The van der Waals surface area contributed by atoms with Crippen molar-refractivity contribution >= 4 is 11.6 Å². The van der Waals surface area contributed by atoms with Gasteiger partial charge in [-0.25, -0.2) is 0 Å². The number of hydrogen-bond donors (Lipinski definition) is 0. The zero-order chi connectivity index (χ0) is 10.8. The van der Waals surface area contributed by atoms with Crippen molar-refractivity contribution in [2.45, 2.75) is 12.5 Å². The second-order valence-electron chi connectivity index (χ2n) is 3.46. The molecule has 1 unspecified atom stereocenters. The Labute approximate surface area is 93.9 Å². The Morgan fingerprint density at radius 2 is 2.13 bits per heavy atom. The van der Waals surface area contributed by atoms with Gasteiger partial charge in [0.1, 0.15) is 0 Å². The van der Waals surface area contributed by atoms with Crippen molar-refractivity contribution < 1.29 is 14.2 Å². The van der Waals surface area contributed by atoms with Gasteiger partial charge in [0, 0.05) is 23.1 Å². The Kier molecular flexibility index (Phi) is 3.03. The standard InChI is InChI=1S/C11H13ClO3/c1-13-10-5-8(12)3-7(11(10)14-2)4-9-6-15-9/h3,5,9H,4,6H2,1-2H3. The van der Waals surface area contributed by atoms with Crippen molar-refractivity contribution in [1.82, 2.24) is 0 Å². The molecule has 0 saturated carbocycles. The molecule has 0 radical (unpaired) electrons. The van der Waals surface area contributed by atoms with E-state index in [-0.39, 0.29) is 0 Å². The van der Waals surface area contributed by atoms with Crippen molar-refractivity contribution in [2.24, 2.45) is 0 Å². The molecular formula is C11H13ClO3. The van der Waals surface area contributed by atoms with Gasteiger partial charge in [-0.3, -0.25) is 0 Å². The predicted octanol–water partition coefficient (Wildman–Crippen LogP) is 2.30. The van der Waals surface area contributed by atoms with E-state index in [0.29, 0.717) is 16.9 Å². The topological polar surface area (TPSA) is 31.0 Å². The van der Waals surface area contributed by atoms with Gasteiger partial charge in [-0.2, -0.15) is 0 Å². The van der Waals surface area contributed by atoms with E-state index in [1.165, 1.54) is 0 Å². The normalized spacial score (nSPS) is 18.7. The lowest BCUT2D eigenvalue weighted by Crippen LogP contribution is -1.99. The minimum Gasteiger partial charge on any atom is -0.493 e. The van der Waals surface area contributed by atoms with Gasteiger partial charge in [0.05, 0.1) is 26.9 Å². The quantitative estimate of drug-likeness (QED) is 0.741. The zero-order valence-electron chi connectivity index (χ0n) is 8.75. The molecule has 0 N–H and O–H groups in total. The van der Waals surface area contributed by atoms with Crippen LogP contribution < -0.4 is 9.47 Å². The Morgan fingerprint density at radius 1 is 1.40 bits per heavy atom. The molecule has 1 atom stereocenters. The van der Waals surface area contributed by atoms with Gasteiger partial charge >= 0.3 is 0 Å². The van der Waals surface area contributed by atoms with Crippen LogP contribution in [0.1, 0.15) is 5.56 Å². The average molecular weight is 229 g/mol. The van der Waals surface area contributed by atoms with E-state index in [4.69, 9.17) is 25.8 Å². The summed E-state index contributed by atoms with van der Waals surface area (Å²) in [5, 5.41) is 0.656. The molecule has 1 aromatic rings. The predicted molar refractivity (Wildman–Crippen MR) is 58.0 cm³/mol. The number of ether oxygens (including phenoxy) is 3. The summed E-state index contributed by atoms with van der Waals surface area (Å²) in [5.74, 6) is 1.41. The van der Waals surface area contributed by atoms with E-state index in [9.17, 15) is 0 Å². The maximum Gasteiger partial charge on any atom is 0.164 e. The van der Waals surface area contributed by atoms with Crippen LogP contribution >= 0.6 is 11.6 Å². The van der Waals surface area contributed by atoms with Crippen molar-refractivity contribution in [3.05, 3.63) is 22.7 Å². The van der Waals surface area contributed by atoms with Crippen LogP contribution in [0, 0.1) is 0 Å². The lowest BCUT2D eigenvalue weighted by Gasteiger charge is -2.12. The van der Waals surface area contributed by atoms with Crippen LogP contribution in [0.2, 0.25) is 5.02 Å². The SMILES string of the molecule is COc1cc(Cl)cc(CC2CO2)c1OC. The molecule has 1 heterocycles. The molecule has 1 saturated heterocycles. The summed E-state index contributed by atoms with van der Waals surface area (Å²) in [4.78, 5) is 0. The van der Waals surface area contributed by atoms with Crippen molar-refractivity contribution in [1.29, 1.82) is 0 Å². The molecule has 1 aliphatic rings. The minimum absolute atomic E-state index is 0.307. The average Bonchev–Trinajstić information content (AvgIpc) is 3.01. The van der Waals surface area contributed by atoms with E-state index in [1.54, 1.807) is 20.3 Å². The number of epoxide rings is 1. The van der Waals surface area contributed by atoms with Crippen molar-refractivity contribution in [3.8, 4) is 11.5 Å². The van der Waals surface area contributed by atoms with Crippen LogP contribution in [0.3, 0.4) is 0 Å². The maximum atomic E-state index is 5.99. The number of hydrogen-bond acceptors (Lipinski definition) is 3. The fraction of sp³-hybridized carbons (Fsp3) is 0.455. The van der Waals surface area contributed by atoms with Crippen LogP contribution in [0.25, 0.3) is 0 Å². The first-order chi connectivity index (χ1) is 7.24. The molecule has 0 spiro atoms. The van der Waals surface area contributed by atoms with Gasteiger partial charge in [-0.15, -0.1) is 0 Å². The molecule has 2 rings (SSSR count). The second-order valence-corrected chi connectivity index (χ2v) is 3.90. The second kappa shape index (κ2) is 4.29. The molecule has 1 fully saturated rings. The lowest BCUT2D eigenvalue weighted by atomic mass is 10.1. The summed E-state index contributed by atoms with van der Waals surface area (Å²) in [7, 11) is 3.23. The van der Waals surface area contributed by atoms with Crippen molar-refractivity contribution in [3.63, 3.8) is 0 Å². The monoisotopic (exact) mass is 228 g/mol. The molecule has 0 amide bonds. The van der Waals surface area contributed by atoms with E-state index in [1.807, 2.05) is 6.07 Å². The minimum atomic E-state index is 0.307. The summed E-state index contributed by atoms with van der Waals surface area (Å²) in [6.07, 6.45) is 1.13. The third kappa shape index (κ3) is 2.36. The van der Waals surface area contributed by atoms with Gasteiger partial charge in [-0.1, -0.05) is 11.6 Å². The summed E-state index contributed by atoms with van der Waals surface area (Å²) in [6.45, 7) is 0.817. The largest absolute Gasteiger partial charge is 0.493 e. The first-order valence-corrected chi connectivity index (χ1v) is 5.14. The zero-order valence-corrected chi connectivity index (χ0v) is 9.50. The van der Waals surface area contributed by atoms with Gasteiger partial charge in [0.15, 0.2) is 11.5 Å². The smallest absolute Gasteiger partial charge is 0.164 e. The number of halogens is 1. The molecule has 0 aromatic heterocycles. The first kappa shape index (κ1) is 10.6. The summed E-state index contributed by atoms with van der Waals surface area (Å²) in [6, 6.07) is 3.64. The first-order valence-electron chi connectivity index (χ1n) is 4.76. The third-order valence-corrected chi connectivity index (χ3v) is 2.59. The van der Waals surface area contributed by atoms with Crippen molar-refractivity contribution in [2.75, 3.05) is 20.8 Å². The Bertz CT molecular complexity index is 361. The molecule has 3 nitrogen and oxygen atoms in total. The van der Waals surface area contributed by atoms with Gasteiger partial charge in [0.2, 0.25) is 0 Å². The molecule has 0 aliphatic carbocycles. The summed E-state index contributed by atoms with van der Waals surface area (Å²) >= 11 is 5.99. The van der Waals surface area contributed by atoms with Crippen LogP contribution in [-0.2, 0) is 11.2 Å². The Balaban J connectivity index is 2.34. The third-order valence-electron chi connectivity index (χ3n) is 2.37. The number of rotatable bonds is 4. The van der Waals surface area contributed by atoms with E-state index >= 15 is 0 Å². The Morgan fingerprint density at radius 3 is 2.67 bits per heavy atom.